The first kappa shape index (κ1) is 16.5. The Bertz CT molecular complexity index is 627. The molecule has 0 radical (unpaired) electrons. The van der Waals surface area contributed by atoms with Crippen molar-refractivity contribution in [3.63, 3.8) is 0 Å². The maximum absolute atomic E-state index is 12.4. The van der Waals surface area contributed by atoms with Gasteiger partial charge in [0.15, 0.2) is 11.5 Å². The summed E-state index contributed by atoms with van der Waals surface area (Å²) in [4.78, 5) is 0.225. The SMILES string of the molecule is O=S(=O)(NCCC1CCCNC1)c1ccc2c(c1)OCCCO2. The monoisotopic (exact) mass is 340 g/mol. The van der Waals surface area contributed by atoms with Crippen LogP contribution in [0, 0.1) is 5.92 Å². The summed E-state index contributed by atoms with van der Waals surface area (Å²) < 4.78 is 38.6. The lowest BCUT2D eigenvalue weighted by Crippen LogP contribution is -2.33. The number of ether oxygens (including phenoxy) is 2. The lowest BCUT2D eigenvalue weighted by molar-refractivity contribution is 0.297. The summed E-state index contributed by atoms with van der Waals surface area (Å²) in [5.74, 6) is 1.66. The van der Waals surface area contributed by atoms with E-state index >= 15 is 0 Å². The molecule has 0 spiro atoms. The zero-order valence-electron chi connectivity index (χ0n) is 13.2. The third-order valence-corrected chi connectivity index (χ3v) is 5.73. The fraction of sp³-hybridized carbons (Fsp3) is 0.625. The van der Waals surface area contributed by atoms with Gasteiger partial charge in [0, 0.05) is 19.0 Å². The molecular weight excluding hydrogens is 316 g/mol. The molecule has 1 aromatic carbocycles. The Morgan fingerprint density at radius 3 is 2.78 bits per heavy atom. The van der Waals surface area contributed by atoms with Crippen molar-refractivity contribution >= 4 is 10.0 Å². The van der Waals surface area contributed by atoms with E-state index in [4.69, 9.17) is 9.47 Å². The number of nitrogens with one attached hydrogen (secondary N) is 2. The number of piperidine rings is 1. The van der Waals surface area contributed by atoms with Gasteiger partial charge in [-0.1, -0.05) is 0 Å². The number of rotatable bonds is 5. The smallest absolute Gasteiger partial charge is 0.240 e. The molecule has 7 heteroatoms. The van der Waals surface area contributed by atoms with Crippen molar-refractivity contribution in [2.75, 3.05) is 32.8 Å². The van der Waals surface area contributed by atoms with Crippen LogP contribution in [0.3, 0.4) is 0 Å². The summed E-state index contributed by atoms with van der Waals surface area (Å²) >= 11 is 0. The molecule has 1 aromatic rings. The second-order valence-electron chi connectivity index (χ2n) is 6.06. The second kappa shape index (κ2) is 7.51. The van der Waals surface area contributed by atoms with Crippen LogP contribution in [-0.4, -0.2) is 41.3 Å². The molecule has 1 atom stereocenters. The van der Waals surface area contributed by atoms with Crippen molar-refractivity contribution in [1.82, 2.24) is 10.0 Å². The number of hydrogen-bond acceptors (Lipinski definition) is 5. The summed E-state index contributed by atoms with van der Waals surface area (Å²) in [6.07, 6.45) is 3.99. The van der Waals surface area contributed by atoms with Gasteiger partial charge in [-0.3, -0.25) is 0 Å². The van der Waals surface area contributed by atoms with Crippen molar-refractivity contribution in [1.29, 1.82) is 0 Å². The molecule has 2 aliphatic heterocycles. The van der Waals surface area contributed by atoms with Crippen molar-refractivity contribution in [2.24, 2.45) is 5.92 Å². The van der Waals surface area contributed by atoms with Gasteiger partial charge in [0.25, 0.3) is 0 Å². The number of benzene rings is 1. The number of hydrogen-bond donors (Lipinski definition) is 2. The number of fused-ring (bicyclic) bond motifs is 1. The van der Waals surface area contributed by atoms with Gasteiger partial charge in [-0.15, -0.1) is 0 Å². The molecule has 0 saturated carbocycles. The third-order valence-electron chi connectivity index (χ3n) is 4.27. The van der Waals surface area contributed by atoms with Crippen LogP contribution in [-0.2, 0) is 10.0 Å². The Morgan fingerprint density at radius 2 is 2.00 bits per heavy atom. The molecule has 3 rings (SSSR count). The quantitative estimate of drug-likeness (QED) is 0.850. The van der Waals surface area contributed by atoms with Gasteiger partial charge in [-0.25, -0.2) is 13.1 Å². The molecule has 2 aliphatic rings. The van der Waals surface area contributed by atoms with Crippen LogP contribution in [0.15, 0.2) is 23.1 Å². The normalized spacial score (nSPS) is 21.7. The molecule has 0 amide bonds. The summed E-state index contributed by atoms with van der Waals surface area (Å²) in [5.41, 5.74) is 0. The van der Waals surface area contributed by atoms with Crippen molar-refractivity contribution in [3.05, 3.63) is 18.2 Å². The Balaban J connectivity index is 1.61. The van der Waals surface area contributed by atoms with Crippen molar-refractivity contribution in [2.45, 2.75) is 30.6 Å². The zero-order valence-corrected chi connectivity index (χ0v) is 14.0. The van der Waals surface area contributed by atoms with Crippen LogP contribution >= 0.6 is 0 Å². The Hall–Kier alpha value is -1.31. The van der Waals surface area contributed by atoms with Crippen molar-refractivity contribution in [3.8, 4) is 11.5 Å². The molecule has 2 heterocycles. The minimum atomic E-state index is -3.51. The highest BCUT2D eigenvalue weighted by molar-refractivity contribution is 7.89. The highest BCUT2D eigenvalue weighted by Gasteiger charge is 2.19. The van der Waals surface area contributed by atoms with Gasteiger partial charge < -0.3 is 14.8 Å². The van der Waals surface area contributed by atoms with Crippen LogP contribution in [0.25, 0.3) is 0 Å². The summed E-state index contributed by atoms with van der Waals surface area (Å²) in [5, 5.41) is 3.35. The lowest BCUT2D eigenvalue weighted by atomic mass is 9.96. The summed E-state index contributed by atoms with van der Waals surface area (Å²) in [6.45, 7) is 3.64. The molecule has 1 unspecified atom stereocenters. The lowest BCUT2D eigenvalue weighted by Gasteiger charge is -2.22. The third kappa shape index (κ3) is 4.37. The first-order valence-corrected chi connectivity index (χ1v) is 9.73. The average molecular weight is 340 g/mol. The molecule has 23 heavy (non-hydrogen) atoms. The molecule has 128 valence electrons. The van der Waals surface area contributed by atoms with E-state index in [1.165, 1.54) is 12.8 Å². The Morgan fingerprint density at radius 1 is 1.17 bits per heavy atom. The van der Waals surface area contributed by atoms with Crippen LogP contribution < -0.4 is 19.5 Å². The maximum atomic E-state index is 12.4. The minimum Gasteiger partial charge on any atom is -0.490 e. The van der Waals surface area contributed by atoms with Crippen LogP contribution in [0.2, 0.25) is 0 Å². The van der Waals surface area contributed by atoms with E-state index in [0.29, 0.717) is 37.2 Å². The maximum Gasteiger partial charge on any atom is 0.240 e. The average Bonchev–Trinajstić information content (AvgIpc) is 2.80. The van der Waals surface area contributed by atoms with Gasteiger partial charge in [-0.2, -0.15) is 0 Å². The van der Waals surface area contributed by atoms with E-state index < -0.39 is 10.0 Å². The Labute approximate surface area is 137 Å². The minimum absolute atomic E-state index is 0.225. The van der Waals surface area contributed by atoms with Gasteiger partial charge in [-0.05, 0) is 50.4 Å². The Kier molecular flexibility index (Phi) is 5.40. The predicted molar refractivity (Wildman–Crippen MR) is 87.4 cm³/mol. The molecule has 1 fully saturated rings. The van der Waals surface area contributed by atoms with E-state index in [2.05, 4.69) is 10.0 Å². The summed E-state index contributed by atoms with van der Waals surface area (Å²) in [7, 11) is -3.51. The van der Waals surface area contributed by atoms with Gasteiger partial charge in [0.05, 0.1) is 18.1 Å². The number of sulfonamides is 1. The highest BCUT2D eigenvalue weighted by Crippen LogP contribution is 2.31. The fourth-order valence-electron chi connectivity index (χ4n) is 2.96. The molecule has 0 bridgehead atoms. The van der Waals surface area contributed by atoms with E-state index in [9.17, 15) is 8.42 Å². The second-order valence-corrected chi connectivity index (χ2v) is 7.82. The molecule has 2 N–H and O–H groups in total. The first-order valence-electron chi connectivity index (χ1n) is 8.25. The van der Waals surface area contributed by atoms with E-state index in [-0.39, 0.29) is 4.90 Å². The van der Waals surface area contributed by atoms with Gasteiger partial charge in [0.2, 0.25) is 10.0 Å². The highest BCUT2D eigenvalue weighted by atomic mass is 32.2. The predicted octanol–water partition coefficient (Wildman–Crippen LogP) is 1.52. The van der Waals surface area contributed by atoms with E-state index in [1.807, 2.05) is 0 Å². The van der Waals surface area contributed by atoms with Crippen LogP contribution in [0.4, 0.5) is 0 Å². The van der Waals surface area contributed by atoms with Crippen molar-refractivity contribution < 1.29 is 17.9 Å². The standard InChI is InChI=1S/C16H24N2O4S/c19-23(20,18-8-6-13-3-1-7-17-12-13)14-4-5-15-16(11-14)22-10-2-9-21-15/h4-5,11,13,17-18H,1-3,6-10,12H2. The fourth-order valence-corrected chi connectivity index (χ4v) is 4.02. The van der Waals surface area contributed by atoms with Gasteiger partial charge in [0.1, 0.15) is 0 Å². The van der Waals surface area contributed by atoms with E-state index in [1.54, 1.807) is 18.2 Å². The zero-order chi connectivity index (χ0) is 16.1. The van der Waals surface area contributed by atoms with Crippen LogP contribution in [0.1, 0.15) is 25.7 Å². The summed E-state index contributed by atoms with van der Waals surface area (Å²) in [6, 6.07) is 4.78. The molecule has 1 saturated heterocycles. The molecule has 0 aliphatic carbocycles. The molecular formula is C16H24N2O4S. The molecule has 0 aromatic heterocycles. The largest absolute Gasteiger partial charge is 0.490 e. The van der Waals surface area contributed by atoms with Gasteiger partial charge >= 0.3 is 0 Å². The topological polar surface area (TPSA) is 76.7 Å². The van der Waals surface area contributed by atoms with E-state index in [0.717, 1.165) is 25.9 Å². The first-order chi connectivity index (χ1) is 11.1. The molecule has 6 nitrogen and oxygen atoms in total. The van der Waals surface area contributed by atoms with Crippen LogP contribution in [0.5, 0.6) is 11.5 Å².